The van der Waals surface area contributed by atoms with Gasteiger partial charge in [0.2, 0.25) is 0 Å². The van der Waals surface area contributed by atoms with Crippen LogP contribution in [0.2, 0.25) is 0 Å². The second-order valence-corrected chi connectivity index (χ2v) is 9.09. The molecule has 4 heteroatoms. The summed E-state index contributed by atoms with van der Waals surface area (Å²) in [6, 6.07) is 12.5. The molecule has 2 fully saturated rings. The third kappa shape index (κ3) is 3.50. The fourth-order valence-corrected chi connectivity index (χ4v) is 4.99. The summed E-state index contributed by atoms with van der Waals surface area (Å²) < 4.78 is 12.3. The number of esters is 1. The molecule has 0 bridgehead atoms. The lowest BCUT2D eigenvalue weighted by Crippen LogP contribution is -2.31. The molecule has 2 aromatic rings. The third-order valence-electron chi connectivity index (χ3n) is 6.19. The summed E-state index contributed by atoms with van der Waals surface area (Å²) in [6.07, 6.45) is 2.31. The molecule has 146 valence electrons. The van der Waals surface area contributed by atoms with Crippen LogP contribution in [-0.4, -0.2) is 12.6 Å². The minimum atomic E-state index is -0.432. The zero-order chi connectivity index (χ0) is 19.9. The zero-order valence-corrected chi connectivity index (χ0v) is 18.0. The summed E-state index contributed by atoms with van der Waals surface area (Å²) in [5.41, 5.74) is 5.55. The predicted molar refractivity (Wildman–Crippen MR) is 113 cm³/mol. The van der Waals surface area contributed by atoms with E-state index in [1.165, 1.54) is 11.1 Å². The smallest absolute Gasteiger partial charge is 0.313 e. The lowest BCUT2D eigenvalue weighted by molar-refractivity contribution is -0.146. The van der Waals surface area contributed by atoms with E-state index in [1.807, 2.05) is 6.07 Å². The maximum absolute atomic E-state index is 12.5. The molecule has 1 heterocycles. The molecule has 1 aliphatic heterocycles. The highest BCUT2D eigenvalue weighted by Gasteiger charge is 2.55. The van der Waals surface area contributed by atoms with Crippen molar-refractivity contribution >= 4 is 21.9 Å². The van der Waals surface area contributed by atoms with Crippen molar-refractivity contribution in [2.24, 2.45) is 11.3 Å². The van der Waals surface area contributed by atoms with E-state index < -0.39 is 5.41 Å². The van der Waals surface area contributed by atoms with Gasteiger partial charge in [0.15, 0.2) is 0 Å². The first-order valence-corrected chi connectivity index (χ1v) is 10.5. The van der Waals surface area contributed by atoms with Crippen LogP contribution in [0.4, 0.5) is 0 Å². The number of benzene rings is 2. The van der Waals surface area contributed by atoms with E-state index in [4.69, 9.17) is 9.47 Å². The summed E-state index contributed by atoms with van der Waals surface area (Å²) in [7, 11) is 0. The molecule has 2 unspecified atom stereocenters. The lowest BCUT2D eigenvalue weighted by atomic mass is 9.75. The third-order valence-corrected chi connectivity index (χ3v) is 6.81. The highest BCUT2D eigenvalue weighted by Crippen LogP contribution is 2.52. The highest BCUT2D eigenvalue weighted by molar-refractivity contribution is 9.10. The van der Waals surface area contributed by atoms with Gasteiger partial charge in [-0.05, 0) is 83.4 Å². The van der Waals surface area contributed by atoms with Crippen LogP contribution in [0.25, 0.3) is 0 Å². The summed E-state index contributed by atoms with van der Waals surface area (Å²) in [6.45, 7) is 9.39. The number of cyclic esters (lactones) is 1. The summed E-state index contributed by atoms with van der Waals surface area (Å²) >= 11 is 3.63. The second-order valence-electron chi connectivity index (χ2n) is 8.23. The Bertz CT molecular complexity index is 949. The van der Waals surface area contributed by atoms with Crippen molar-refractivity contribution in [1.82, 2.24) is 0 Å². The van der Waals surface area contributed by atoms with Crippen LogP contribution < -0.4 is 4.74 Å². The molecule has 0 spiro atoms. The fourth-order valence-electron chi connectivity index (χ4n) is 4.45. The molecule has 2 atom stereocenters. The first kappa shape index (κ1) is 19.3. The van der Waals surface area contributed by atoms with Gasteiger partial charge in [-0.1, -0.05) is 36.4 Å². The number of fused-ring (bicyclic) bond motifs is 1. The van der Waals surface area contributed by atoms with Crippen molar-refractivity contribution in [3.8, 4) is 5.75 Å². The molecule has 2 aromatic carbocycles. The Hall–Kier alpha value is -2.07. The van der Waals surface area contributed by atoms with Gasteiger partial charge in [-0.2, -0.15) is 0 Å². The van der Waals surface area contributed by atoms with Gasteiger partial charge >= 0.3 is 5.97 Å². The van der Waals surface area contributed by atoms with Crippen LogP contribution in [0.5, 0.6) is 5.75 Å². The minimum absolute atomic E-state index is 0.0673. The summed E-state index contributed by atoms with van der Waals surface area (Å²) in [5.74, 6) is 0.996. The van der Waals surface area contributed by atoms with Gasteiger partial charge in [0.1, 0.15) is 12.4 Å². The highest BCUT2D eigenvalue weighted by atomic mass is 79.9. The minimum Gasteiger partial charge on any atom is -0.488 e. The van der Waals surface area contributed by atoms with E-state index >= 15 is 0 Å². The second kappa shape index (κ2) is 7.40. The Morgan fingerprint density at radius 3 is 2.71 bits per heavy atom. The van der Waals surface area contributed by atoms with Crippen LogP contribution in [0.3, 0.4) is 0 Å². The van der Waals surface area contributed by atoms with E-state index in [1.54, 1.807) is 0 Å². The molecule has 3 nitrogen and oxygen atoms in total. The van der Waals surface area contributed by atoms with E-state index in [0.717, 1.165) is 39.8 Å². The Morgan fingerprint density at radius 1 is 1.18 bits per heavy atom. The van der Waals surface area contributed by atoms with Gasteiger partial charge in [0.05, 0.1) is 16.5 Å². The van der Waals surface area contributed by atoms with Crippen LogP contribution in [0.15, 0.2) is 53.0 Å². The first-order chi connectivity index (χ1) is 13.4. The van der Waals surface area contributed by atoms with E-state index in [-0.39, 0.29) is 11.9 Å². The maximum Gasteiger partial charge on any atom is 0.313 e. The first-order valence-electron chi connectivity index (χ1n) is 9.68. The maximum atomic E-state index is 12.5. The number of ether oxygens (including phenoxy) is 2. The molecule has 1 saturated carbocycles. The Morgan fingerprint density at radius 2 is 1.96 bits per heavy atom. The molecule has 0 aromatic heterocycles. The van der Waals surface area contributed by atoms with Gasteiger partial charge in [0.25, 0.3) is 0 Å². The molecule has 0 radical (unpaired) electrons. The number of aryl methyl sites for hydroxylation is 2. The van der Waals surface area contributed by atoms with Gasteiger partial charge in [-0.3, -0.25) is 4.79 Å². The molecular weight excluding hydrogens is 416 g/mol. The standard InChI is InChI=1S/C24H25BrO3/c1-15-8-20-14-28-23(26)24(20,11-15)12-18-6-7-22(21(25)10-18)27-13-19-5-4-16(2)17(3)9-19/h4-7,9-10,20H,1,8,11-14H2,2-3H3. The number of rotatable bonds is 5. The quantitative estimate of drug-likeness (QED) is 0.441. The number of halogens is 1. The molecule has 0 N–H and O–H groups in total. The predicted octanol–water partition coefficient (Wildman–Crippen LogP) is 5.70. The Kier molecular flexibility index (Phi) is 5.09. The van der Waals surface area contributed by atoms with Crippen LogP contribution in [0, 0.1) is 25.2 Å². The van der Waals surface area contributed by atoms with Crippen molar-refractivity contribution < 1.29 is 14.3 Å². The largest absolute Gasteiger partial charge is 0.488 e. The lowest BCUT2D eigenvalue weighted by Gasteiger charge is -2.24. The molecular formula is C24H25BrO3. The summed E-state index contributed by atoms with van der Waals surface area (Å²) in [5, 5.41) is 0. The van der Waals surface area contributed by atoms with E-state index in [9.17, 15) is 4.79 Å². The average Bonchev–Trinajstić information content (AvgIpc) is 3.11. The Labute approximate surface area is 174 Å². The van der Waals surface area contributed by atoms with Crippen molar-refractivity contribution in [1.29, 1.82) is 0 Å². The van der Waals surface area contributed by atoms with Gasteiger partial charge in [-0.15, -0.1) is 0 Å². The van der Waals surface area contributed by atoms with Crippen molar-refractivity contribution in [3.05, 3.63) is 75.3 Å². The molecule has 28 heavy (non-hydrogen) atoms. The molecule has 2 aliphatic rings. The Balaban J connectivity index is 1.48. The monoisotopic (exact) mass is 440 g/mol. The molecule has 1 saturated heterocycles. The SMILES string of the molecule is C=C1CC2COC(=O)C2(Cc2ccc(OCc3ccc(C)c(C)c3)c(Br)c2)C1. The topological polar surface area (TPSA) is 35.5 Å². The van der Waals surface area contributed by atoms with Gasteiger partial charge < -0.3 is 9.47 Å². The number of carbonyl (C=O) groups is 1. The van der Waals surface area contributed by atoms with Gasteiger partial charge in [0, 0.05) is 5.92 Å². The van der Waals surface area contributed by atoms with Gasteiger partial charge in [-0.25, -0.2) is 0 Å². The van der Waals surface area contributed by atoms with E-state index in [0.29, 0.717) is 19.6 Å². The van der Waals surface area contributed by atoms with Crippen LogP contribution >= 0.6 is 15.9 Å². The number of carbonyl (C=O) groups excluding carboxylic acids is 1. The zero-order valence-electron chi connectivity index (χ0n) is 16.4. The molecule has 0 amide bonds. The summed E-state index contributed by atoms with van der Waals surface area (Å²) in [4.78, 5) is 12.5. The van der Waals surface area contributed by atoms with E-state index in [2.05, 4.69) is 66.7 Å². The van der Waals surface area contributed by atoms with Crippen LogP contribution in [0.1, 0.15) is 35.1 Å². The average molecular weight is 441 g/mol. The number of hydrogen-bond acceptors (Lipinski definition) is 3. The van der Waals surface area contributed by atoms with Crippen molar-refractivity contribution in [2.75, 3.05) is 6.61 Å². The fraction of sp³-hybridized carbons (Fsp3) is 0.375. The van der Waals surface area contributed by atoms with Crippen molar-refractivity contribution in [2.45, 2.75) is 39.7 Å². The van der Waals surface area contributed by atoms with Crippen molar-refractivity contribution in [3.63, 3.8) is 0 Å². The number of allylic oxidation sites excluding steroid dienone is 1. The normalized spacial score (nSPS) is 23.6. The van der Waals surface area contributed by atoms with Crippen LogP contribution in [-0.2, 0) is 22.6 Å². The number of hydrogen-bond donors (Lipinski definition) is 0. The molecule has 1 aliphatic carbocycles. The molecule has 4 rings (SSSR count).